The third kappa shape index (κ3) is 4.39. The van der Waals surface area contributed by atoms with Crippen molar-refractivity contribution >= 4 is 28.2 Å². The minimum absolute atomic E-state index is 0. The Morgan fingerprint density at radius 2 is 1.84 bits per heavy atom. The Morgan fingerprint density at radius 3 is 2.56 bits per heavy atom. The van der Waals surface area contributed by atoms with E-state index in [1.165, 1.54) is 17.2 Å². The van der Waals surface area contributed by atoms with Crippen LogP contribution < -0.4 is 10.6 Å². The third-order valence-corrected chi connectivity index (χ3v) is 5.44. The molecular weight excluding hydrogens is 360 g/mol. The molecule has 1 amide bonds. The molecule has 0 unspecified atom stereocenters. The lowest BCUT2D eigenvalue weighted by Crippen LogP contribution is -2.23. The van der Waals surface area contributed by atoms with Gasteiger partial charge in [-0.3, -0.25) is 4.79 Å². The second-order valence-corrected chi connectivity index (χ2v) is 8.13. The van der Waals surface area contributed by atoms with Gasteiger partial charge in [-0.05, 0) is 41.3 Å². The summed E-state index contributed by atoms with van der Waals surface area (Å²) in [6.45, 7) is 3.87. The number of halogens is 1. The van der Waals surface area contributed by atoms with E-state index in [4.69, 9.17) is 0 Å². The van der Waals surface area contributed by atoms with Gasteiger partial charge in [0.1, 0.15) is 0 Å². The first-order valence-corrected chi connectivity index (χ1v) is 9.64. The molecule has 25 heavy (non-hydrogen) atoms. The quantitative estimate of drug-likeness (QED) is 0.853. The van der Waals surface area contributed by atoms with Crippen LogP contribution in [0.3, 0.4) is 0 Å². The summed E-state index contributed by atoms with van der Waals surface area (Å²) in [5.74, 6) is -0.279. The standard InChI is InChI=1S/C18H20N2O3S.ClH/c1-12-3-5-14(8-17(12)24(2,22)23)18(21)20-9-13-4-6-15-10-19-11-16(15)7-13;/h3-8,19H,9-11H2,1-2H3,(H,20,21);1H. The van der Waals surface area contributed by atoms with Gasteiger partial charge in [-0.2, -0.15) is 0 Å². The number of sulfone groups is 1. The van der Waals surface area contributed by atoms with Crippen LogP contribution in [0, 0.1) is 6.92 Å². The summed E-state index contributed by atoms with van der Waals surface area (Å²) in [7, 11) is -3.35. The first-order valence-electron chi connectivity index (χ1n) is 7.75. The van der Waals surface area contributed by atoms with E-state index in [1.807, 2.05) is 6.07 Å². The maximum Gasteiger partial charge on any atom is 0.251 e. The summed E-state index contributed by atoms with van der Waals surface area (Å²) in [6.07, 6.45) is 1.15. The number of amides is 1. The van der Waals surface area contributed by atoms with Crippen molar-refractivity contribution in [2.24, 2.45) is 0 Å². The highest BCUT2D eigenvalue weighted by molar-refractivity contribution is 7.90. The van der Waals surface area contributed by atoms with E-state index in [0.717, 1.165) is 24.9 Å². The highest BCUT2D eigenvalue weighted by Crippen LogP contribution is 2.18. The van der Waals surface area contributed by atoms with Gasteiger partial charge in [-0.15, -0.1) is 12.4 Å². The lowest BCUT2D eigenvalue weighted by Gasteiger charge is -2.09. The monoisotopic (exact) mass is 380 g/mol. The van der Waals surface area contributed by atoms with Crippen molar-refractivity contribution in [1.29, 1.82) is 0 Å². The van der Waals surface area contributed by atoms with Gasteiger partial charge < -0.3 is 10.6 Å². The van der Waals surface area contributed by atoms with E-state index in [2.05, 4.69) is 22.8 Å². The molecule has 1 heterocycles. The van der Waals surface area contributed by atoms with Gasteiger partial charge in [-0.25, -0.2) is 8.42 Å². The number of aryl methyl sites for hydroxylation is 1. The molecule has 0 bridgehead atoms. The van der Waals surface area contributed by atoms with Crippen molar-refractivity contribution in [3.05, 3.63) is 64.2 Å². The molecule has 2 aromatic carbocycles. The van der Waals surface area contributed by atoms with Crippen LogP contribution >= 0.6 is 12.4 Å². The summed E-state index contributed by atoms with van der Waals surface area (Å²) in [6, 6.07) is 10.9. The van der Waals surface area contributed by atoms with Crippen LogP contribution in [0.15, 0.2) is 41.3 Å². The Morgan fingerprint density at radius 1 is 1.12 bits per heavy atom. The number of benzene rings is 2. The van der Waals surface area contributed by atoms with E-state index in [1.54, 1.807) is 19.1 Å². The Labute approximate surface area is 154 Å². The molecule has 2 aromatic rings. The summed E-state index contributed by atoms with van der Waals surface area (Å²) in [5, 5.41) is 6.14. The predicted octanol–water partition coefficient (Wildman–Crippen LogP) is 2.35. The highest BCUT2D eigenvalue weighted by Gasteiger charge is 2.15. The topological polar surface area (TPSA) is 75.3 Å². The van der Waals surface area contributed by atoms with Gasteiger partial charge in [0.15, 0.2) is 9.84 Å². The number of carbonyl (C=O) groups excluding carboxylic acids is 1. The maximum absolute atomic E-state index is 12.3. The minimum Gasteiger partial charge on any atom is -0.348 e. The van der Waals surface area contributed by atoms with Crippen molar-refractivity contribution in [3.8, 4) is 0 Å². The highest BCUT2D eigenvalue weighted by atomic mass is 35.5. The molecule has 0 spiro atoms. The van der Waals surface area contributed by atoms with Crippen LogP contribution in [0.5, 0.6) is 0 Å². The van der Waals surface area contributed by atoms with E-state index in [9.17, 15) is 13.2 Å². The Balaban J connectivity index is 0.00000225. The van der Waals surface area contributed by atoms with Gasteiger partial charge in [0.05, 0.1) is 4.90 Å². The lowest BCUT2D eigenvalue weighted by atomic mass is 10.1. The smallest absolute Gasteiger partial charge is 0.251 e. The summed E-state index contributed by atoms with van der Waals surface area (Å²) in [4.78, 5) is 12.5. The number of rotatable bonds is 4. The van der Waals surface area contributed by atoms with Crippen molar-refractivity contribution in [1.82, 2.24) is 10.6 Å². The molecule has 0 radical (unpaired) electrons. The second kappa shape index (κ2) is 7.56. The van der Waals surface area contributed by atoms with Gasteiger partial charge in [-0.1, -0.05) is 24.3 Å². The molecule has 0 fully saturated rings. The third-order valence-electron chi connectivity index (χ3n) is 4.20. The number of fused-ring (bicyclic) bond motifs is 1. The van der Waals surface area contributed by atoms with Crippen LogP contribution in [0.2, 0.25) is 0 Å². The number of hydrogen-bond donors (Lipinski definition) is 2. The predicted molar refractivity (Wildman–Crippen MR) is 99.7 cm³/mol. The molecule has 1 aliphatic rings. The SMILES string of the molecule is Cc1ccc(C(=O)NCc2ccc3c(c2)CNC3)cc1S(C)(=O)=O.Cl. The molecule has 2 N–H and O–H groups in total. The molecular formula is C18H21ClN2O3S. The lowest BCUT2D eigenvalue weighted by molar-refractivity contribution is 0.0950. The Kier molecular flexibility index (Phi) is 5.87. The molecule has 0 aromatic heterocycles. The zero-order valence-corrected chi connectivity index (χ0v) is 15.8. The molecule has 0 saturated heterocycles. The fourth-order valence-corrected chi connectivity index (χ4v) is 3.88. The van der Waals surface area contributed by atoms with Gasteiger partial charge in [0.2, 0.25) is 0 Å². The fraction of sp³-hybridized carbons (Fsp3) is 0.278. The fourth-order valence-electron chi connectivity index (χ4n) is 2.88. The molecule has 5 nitrogen and oxygen atoms in total. The zero-order chi connectivity index (χ0) is 17.3. The van der Waals surface area contributed by atoms with E-state index in [-0.39, 0.29) is 23.2 Å². The second-order valence-electron chi connectivity index (χ2n) is 6.14. The molecule has 134 valence electrons. The van der Waals surface area contributed by atoms with Crippen LogP contribution in [-0.4, -0.2) is 20.6 Å². The average molecular weight is 381 g/mol. The number of hydrogen-bond acceptors (Lipinski definition) is 4. The van der Waals surface area contributed by atoms with Crippen molar-refractivity contribution in [2.45, 2.75) is 31.5 Å². The van der Waals surface area contributed by atoms with Crippen molar-refractivity contribution in [3.63, 3.8) is 0 Å². The minimum atomic E-state index is -3.35. The van der Waals surface area contributed by atoms with Gasteiger partial charge in [0.25, 0.3) is 5.91 Å². The molecule has 0 atom stereocenters. The molecule has 7 heteroatoms. The number of nitrogens with one attached hydrogen (secondary N) is 2. The van der Waals surface area contributed by atoms with Gasteiger partial charge >= 0.3 is 0 Å². The van der Waals surface area contributed by atoms with Crippen molar-refractivity contribution in [2.75, 3.05) is 6.26 Å². The molecule has 0 saturated carbocycles. The van der Waals surface area contributed by atoms with Gasteiger partial charge in [0, 0.05) is 31.5 Å². The van der Waals surface area contributed by atoms with Crippen molar-refractivity contribution < 1.29 is 13.2 Å². The summed E-state index contributed by atoms with van der Waals surface area (Å²) in [5.41, 5.74) is 4.57. The molecule has 0 aliphatic carbocycles. The number of carbonyl (C=O) groups is 1. The summed E-state index contributed by atoms with van der Waals surface area (Å²) < 4.78 is 23.6. The summed E-state index contributed by atoms with van der Waals surface area (Å²) >= 11 is 0. The van der Waals surface area contributed by atoms with E-state index >= 15 is 0 Å². The van der Waals surface area contributed by atoms with Crippen LogP contribution in [0.25, 0.3) is 0 Å². The largest absolute Gasteiger partial charge is 0.348 e. The Hall–Kier alpha value is -1.89. The van der Waals surface area contributed by atoms with Crippen LogP contribution in [0.4, 0.5) is 0 Å². The normalized spacial score (nSPS) is 13.0. The Bertz CT molecular complexity index is 911. The van der Waals surface area contributed by atoms with E-state index in [0.29, 0.717) is 17.7 Å². The van der Waals surface area contributed by atoms with E-state index < -0.39 is 9.84 Å². The first-order chi connectivity index (χ1) is 11.3. The first kappa shape index (κ1) is 19.4. The molecule has 1 aliphatic heterocycles. The maximum atomic E-state index is 12.3. The van der Waals surface area contributed by atoms with Crippen LogP contribution in [0.1, 0.15) is 32.6 Å². The average Bonchev–Trinajstić information content (AvgIpc) is 2.99. The van der Waals surface area contributed by atoms with Crippen LogP contribution in [-0.2, 0) is 29.5 Å². The zero-order valence-electron chi connectivity index (χ0n) is 14.1. The molecule has 3 rings (SSSR count).